The van der Waals surface area contributed by atoms with Crippen molar-refractivity contribution in [2.24, 2.45) is 0 Å². The Hall–Kier alpha value is -3.40. The fourth-order valence-electron chi connectivity index (χ4n) is 3.44. The zero-order valence-electron chi connectivity index (χ0n) is 18.2. The molecule has 3 aromatic rings. The molecule has 10 heteroatoms. The quantitative estimate of drug-likeness (QED) is 0.604. The van der Waals surface area contributed by atoms with Gasteiger partial charge in [0, 0.05) is 23.8 Å². The number of ether oxygens (including phenoxy) is 2. The van der Waals surface area contributed by atoms with Gasteiger partial charge in [-0.15, -0.1) is 5.10 Å². The Balaban J connectivity index is 1.65. The number of sulfone groups is 1. The summed E-state index contributed by atoms with van der Waals surface area (Å²) in [5, 5.41) is 11.0. The molecule has 0 aliphatic carbocycles. The lowest BCUT2D eigenvalue weighted by atomic mass is 9.99. The van der Waals surface area contributed by atoms with Crippen LogP contribution in [0.25, 0.3) is 0 Å². The molecule has 1 aliphatic rings. The highest BCUT2D eigenvalue weighted by atomic mass is 32.2. The largest absolute Gasteiger partial charge is 0.487 e. The van der Waals surface area contributed by atoms with Gasteiger partial charge in [0.05, 0.1) is 17.6 Å². The molecule has 1 amide bonds. The Morgan fingerprint density at radius 2 is 1.97 bits per heavy atom. The Labute approximate surface area is 186 Å². The van der Waals surface area contributed by atoms with E-state index in [1.807, 2.05) is 20.8 Å². The monoisotopic (exact) mass is 456 g/mol. The average molecular weight is 457 g/mol. The van der Waals surface area contributed by atoms with Crippen molar-refractivity contribution < 1.29 is 22.7 Å². The minimum Gasteiger partial charge on any atom is -0.487 e. The number of nitrogens with one attached hydrogen (secondary N) is 1. The van der Waals surface area contributed by atoms with E-state index in [2.05, 4.69) is 15.5 Å². The first kappa shape index (κ1) is 21.8. The van der Waals surface area contributed by atoms with Crippen LogP contribution >= 0.6 is 0 Å². The van der Waals surface area contributed by atoms with E-state index in [1.54, 1.807) is 24.3 Å². The summed E-state index contributed by atoms with van der Waals surface area (Å²) < 4.78 is 35.5. The molecule has 9 nitrogen and oxygen atoms in total. The molecule has 2 heterocycles. The normalized spacial score (nSPS) is 14.5. The third-order valence-corrected chi connectivity index (χ3v) is 6.09. The maximum atomic E-state index is 12.9. The number of aryl methyl sites for hydroxylation is 1. The summed E-state index contributed by atoms with van der Waals surface area (Å²) in [4.78, 5) is 14.5. The highest BCUT2D eigenvalue weighted by Gasteiger charge is 2.34. The molecule has 1 aliphatic heterocycles. The Morgan fingerprint density at radius 1 is 1.25 bits per heavy atom. The summed E-state index contributed by atoms with van der Waals surface area (Å²) in [6.07, 6.45) is 3.23. The summed E-state index contributed by atoms with van der Waals surface area (Å²) in [6.45, 7) is 6.41. The van der Waals surface area contributed by atoms with Crippen LogP contribution in [0.5, 0.6) is 17.2 Å². The van der Waals surface area contributed by atoms with E-state index in [9.17, 15) is 13.2 Å². The molecule has 0 fully saturated rings. The van der Waals surface area contributed by atoms with Crippen LogP contribution in [0.1, 0.15) is 36.7 Å². The predicted octanol–water partition coefficient (Wildman–Crippen LogP) is 3.46. The third-order valence-electron chi connectivity index (χ3n) is 4.96. The summed E-state index contributed by atoms with van der Waals surface area (Å²) >= 11 is 0. The van der Waals surface area contributed by atoms with Gasteiger partial charge < -0.3 is 14.8 Å². The molecule has 1 aromatic heterocycles. The first-order chi connectivity index (χ1) is 15.0. The van der Waals surface area contributed by atoms with Crippen LogP contribution in [0.15, 0.2) is 47.5 Å². The lowest BCUT2D eigenvalue weighted by molar-refractivity contribution is 0.102. The molecule has 2 aromatic carbocycles. The van der Waals surface area contributed by atoms with E-state index >= 15 is 0 Å². The number of hydrogen-bond acceptors (Lipinski definition) is 7. The number of nitrogens with zero attached hydrogens (tertiary/aromatic N) is 3. The fraction of sp³-hybridized carbons (Fsp3) is 0.318. The molecule has 32 heavy (non-hydrogen) atoms. The number of amides is 1. The smallest absolute Gasteiger partial charge is 0.257 e. The fourth-order valence-corrected chi connectivity index (χ4v) is 4.07. The maximum Gasteiger partial charge on any atom is 0.257 e. The number of anilines is 1. The summed E-state index contributed by atoms with van der Waals surface area (Å²) in [7, 11) is -3.31. The number of fused-ring (bicyclic) bond motifs is 1. The molecule has 168 valence electrons. The number of benzene rings is 2. The first-order valence-electron chi connectivity index (χ1n) is 10.1. The van der Waals surface area contributed by atoms with Crippen molar-refractivity contribution in [2.75, 3.05) is 11.6 Å². The minimum absolute atomic E-state index is 0.202. The third kappa shape index (κ3) is 4.59. The molecule has 0 saturated heterocycles. The van der Waals surface area contributed by atoms with Gasteiger partial charge in [-0.3, -0.25) is 4.79 Å². The van der Waals surface area contributed by atoms with Gasteiger partial charge in [-0.2, -0.15) is 9.90 Å². The number of aromatic nitrogens is 3. The van der Waals surface area contributed by atoms with Crippen molar-refractivity contribution in [2.45, 2.75) is 44.2 Å². The summed E-state index contributed by atoms with van der Waals surface area (Å²) in [6, 6.07) is 9.47. The van der Waals surface area contributed by atoms with Crippen LogP contribution < -0.4 is 14.8 Å². The number of carbonyl (C=O) groups is 1. The minimum atomic E-state index is -3.31. The lowest BCUT2D eigenvalue weighted by Crippen LogP contribution is -2.24. The molecular weight excluding hydrogens is 432 g/mol. The summed E-state index contributed by atoms with van der Waals surface area (Å²) in [5.41, 5.74) is 0.741. The van der Waals surface area contributed by atoms with Crippen LogP contribution in [-0.4, -0.2) is 41.2 Å². The van der Waals surface area contributed by atoms with Crippen LogP contribution in [0.3, 0.4) is 0 Å². The Morgan fingerprint density at radius 3 is 2.59 bits per heavy atom. The van der Waals surface area contributed by atoms with Crippen LogP contribution in [0.2, 0.25) is 0 Å². The highest BCUT2D eigenvalue weighted by Crippen LogP contribution is 2.43. The molecule has 0 radical (unpaired) electrons. The summed E-state index contributed by atoms with van der Waals surface area (Å²) in [5.74, 6) is 1.47. The van der Waals surface area contributed by atoms with E-state index in [1.165, 1.54) is 23.1 Å². The van der Waals surface area contributed by atoms with Gasteiger partial charge in [0.2, 0.25) is 0 Å². The zero-order chi connectivity index (χ0) is 23.1. The van der Waals surface area contributed by atoms with E-state index in [0.29, 0.717) is 41.6 Å². The van der Waals surface area contributed by atoms with Gasteiger partial charge in [0.1, 0.15) is 22.8 Å². The number of rotatable bonds is 6. The van der Waals surface area contributed by atoms with Gasteiger partial charge in [-0.25, -0.2) is 8.42 Å². The standard InChI is InChI=1S/C22H24N4O5S/c1-5-26-23-13-20(25-26)24-21(27)14-10-18(17-12-22(2,3)31-19(17)11-14)30-15-6-8-16(9-7-15)32(4,28)29/h6-11,13H,5,12H2,1-4H3,(H,24,25,27). The molecule has 1 N–H and O–H groups in total. The second-order valence-corrected chi connectivity index (χ2v) is 10.2. The molecule has 0 unspecified atom stereocenters. The van der Waals surface area contributed by atoms with Crippen molar-refractivity contribution >= 4 is 21.6 Å². The van der Waals surface area contributed by atoms with Gasteiger partial charge in [-0.05, 0) is 57.2 Å². The second kappa shape index (κ2) is 7.94. The zero-order valence-corrected chi connectivity index (χ0v) is 19.1. The number of hydrogen-bond donors (Lipinski definition) is 1. The molecule has 4 rings (SSSR count). The maximum absolute atomic E-state index is 12.9. The Kier molecular flexibility index (Phi) is 5.41. The van der Waals surface area contributed by atoms with Crippen LogP contribution in [0.4, 0.5) is 5.82 Å². The van der Waals surface area contributed by atoms with E-state index in [4.69, 9.17) is 9.47 Å². The van der Waals surface area contributed by atoms with Crippen LogP contribution in [0, 0.1) is 0 Å². The van der Waals surface area contributed by atoms with Gasteiger partial charge in [0.25, 0.3) is 5.91 Å². The highest BCUT2D eigenvalue weighted by molar-refractivity contribution is 7.90. The molecule has 0 saturated carbocycles. The molecule has 0 atom stereocenters. The van der Waals surface area contributed by atoms with E-state index in [0.717, 1.165) is 11.8 Å². The van der Waals surface area contributed by atoms with Crippen molar-refractivity contribution in [1.82, 2.24) is 15.0 Å². The van der Waals surface area contributed by atoms with Crippen molar-refractivity contribution in [3.63, 3.8) is 0 Å². The molecule has 0 spiro atoms. The van der Waals surface area contributed by atoms with Crippen LogP contribution in [-0.2, 0) is 22.8 Å². The lowest BCUT2D eigenvalue weighted by Gasteiger charge is -2.16. The topological polar surface area (TPSA) is 112 Å². The molecule has 0 bridgehead atoms. The predicted molar refractivity (Wildman–Crippen MR) is 118 cm³/mol. The molecular formula is C22H24N4O5S. The van der Waals surface area contributed by atoms with Crippen molar-refractivity contribution in [1.29, 1.82) is 0 Å². The van der Waals surface area contributed by atoms with Crippen molar-refractivity contribution in [3.05, 3.63) is 53.7 Å². The van der Waals surface area contributed by atoms with Gasteiger partial charge >= 0.3 is 0 Å². The number of carbonyl (C=O) groups excluding carboxylic acids is 1. The Bertz CT molecular complexity index is 1280. The SMILES string of the molecule is CCn1ncc(NC(=O)c2cc(Oc3ccc(S(C)(=O)=O)cc3)c3c(c2)OC(C)(C)C3)n1. The second-order valence-electron chi connectivity index (χ2n) is 8.21. The van der Waals surface area contributed by atoms with Gasteiger partial charge in [-0.1, -0.05) is 0 Å². The first-order valence-corrected chi connectivity index (χ1v) is 12.0. The van der Waals surface area contributed by atoms with E-state index < -0.39 is 15.4 Å². The van der Waals surface area contributed by atoms with Gasteiger partial charge in [0.15, 0.2) is 15.7 Å². The van der Waals surface area contributed by atoms with Crippen molar-refractivity contribution in [3.8, 4) is 17.2 Å². The van der Waals surface area contributed by atoms with E-state index in [-0.39, 0.29) is 10.8 Å². The average Bonchev–Trinajstić information content (AvgIpc) is 3.30.